The van der Waals surface area contributed by atoms with Gasteiger partial charge in [0.2, 0.25) is 5.91 Å². The topological polar surface area (TPSA) is 49.4 Å². The molecule has 0 unspecified atom stereocenters. The van der Waals surface area contributed by atoms with Crippen molar-refractivity contribution in [2.45, 2.75) is 12.8 Å². The van der Waals surface area contributed by atoms with E-state index in [1.165, 1.54) is 0 Å². The van der Waals surface area contributed by atoms with Crippen LogP contribution in [0.4, 0.5) is 5.69 Å². The van der Waals surface area contributed by atoms with E-state index in [1.807, 2.05) is 24.3 Å². The fraction of sp³-hybridized carbons (Fsp3) is 0.263. The third kappa shape index (κ3) is 4.73. The summed E-state index contributed by atoms with van der Waals surface area (Å²) in [4.78, 5) is 26.7. The van der Waals surface area contributed by atoms with Crippen molar-refractivity contribution in [3.8, 4) is 0 Å². The van der Waals surface area contributed by atoms with Gasteiger partial charge in [-0.3, -0.25) is 9.59 Å². The van der Waals surface area contributed by atoms with Crippen LogP contribution in [0.1, 0.15) is 23.2 Å². The molecule has 1 aliphatic heterocycles. The molecule has 4 nitrogen and oxygen atoms in total. The summed E-state index contributed by atoms with van der Waals surface area (Å²) in [6.07, 6.45) is 1.35. The number of halogens is 2. The molecule has 0 bridgehead atoms. The number of nitrogens with one attached hydrogen (secondary N) is 1. The summed E-state index contributed by atoms with van der Waals surface area (Å²) in [5.74, 6) is -0.0403. The van der Waals surface area contributed by atoms with E-state index < -0.39 is 0 Å². The molecule has 3 rings (SSSR count). The smallest absolute Gasteiger partial charge is 0.253 e. The summed E-state index contributed by atoms with van der Waals surface area (Å²) < 4.78 is 1.13. The Labute approximate surface area is 165 Å². The lowest BCUT2D eigenvalue weighted by molar-refractivity contribution is -0.121. The van der Waals surface area contributed by atoms with Gasteiger partial charge in [-0.05, 0) is 84.0 Å². The third-order valence-corrected chi connectivity index (χ3v) is 5.33. The molecule has 1 aliphatic rings. The van der Waals surface area contributed by atoms with Crippen LogP contribution in [0.15, 0.2) is 48.5 Å². The third-order valence-electron chi connectivity index (χ3n) is 4.36. The Morgan fingerprint density at radius 1 is 1.00 bits per heavy atom. The molecular weight excluding hydrogens is 451 g/mol. The van der Waals surface area contributed by atoms with Crippen molar-refractivity contribution < 1.29 is 9.59 Å². The highest BCUT2D eigenvalue weighted by atomic mass is 127. The van der Waals surface area contributed by atoms with Gasteiger partial charge in [-0.15, -0.1) is 0 Å². The summed E-state index contributed by atoms with van der Waals surface area (Å²) in [7, 11) is 0. The SMILES string of the molecule is O=C(Nc1ccc(I)cc1)C1CCN(C(=O)c2ccc(Cl)cc2)CC1. The molecule has 1 heterocycles. The van der Waals surface area contributed by atoms with Crippen LogP contribution in [0.5, 0.6) is 0 Å². The minimum Gasteiger partial charge on any atom is -0.339 e. The normalized spacial score (nSPS) is 15.0. The zero-order valence-corrected chi connectivity index (χ0v) is 16.5. The van der Waals surface area contributed by atoms with E-state index in [0.717, 1.165) is 9.26 Å². The fourth-order valence-electron chi connectivity index (χ4n) is 2.90. The van der Waals surface area contributed by atoms with Gasteiger partial charge in [0.15, 0.2) is 0 Å². The first-order valence-electron chi connectivity index (χ1n) is 8.14. The maximum Gasteiger partial charge on any atom is 0.253 e. The van der Waals surface area contributed by atoms with Crippen molar-refractivity contribution in [3.05, 3.63) is 62.7 Å². The molecule has 0 aromatic heterocycles. The van der Waals surface area contributed by atoms with Crippen LogP contribution < -0.4 is 5.32 Å². The highest BCUT2D eigenvalue weighted by Crippen LogP contribution is 2.22. The van der Waals surface area contributed by atoms with Gasteiger partial charge >= 0.3 is 0 Å². The van der Waals surface area contributed by atoms with E-state index in [-0.39, 0.29) is 17.7 Å². The molecule has 2 aromatic rings. The number of nitrogens with zero attached hydrogens (tertiary/aromatic N) is 1. The Balaban J connectivity index is 1.54. The van der Waals surface area contributed by atoms with Crippen molar-refractivity contribution in [2.24, 2.45) is 5.92 Å². The number of hydrogen-bond acceptors (Lipinski definition) is 2. The Morgan fingerprint density at radius 3 is 2.20 bits per heavy atom. The van der Waals surface area contributed by atoms with Crippen molar-refractivity contribution in [1.29, 1.82) is 0 Å². The number of carbonyl (C=O) groups is 2. The van der Waals surface area contributed by atoms with E-state index >= 15 is 0 Å². The second-order valence-corrected chi connectivity index (χ2v) is 7.75. The molecule has 1 N–H and O–H groups in total. The predicted octanol–water partition coefficient (Wildman–Crippen LogP) is 4.44. The second-order valence-electron chi connectivity index (χ2n) is 6.07. The van der Waals surface area contributed by atoms with Gasteiger partial charge in [0.25, 0.3) is 5.91 Å². The second kappa shape index (κ2) is 8.19. The van der Waals surface area contributed by atoms with Crippen molar-refractivity contribution in [1.82, 2.24) is 4.90 Å². The summed E-state index contributed by atoms with van der Waals surface area (Å²) in [6, 6.07) is 14.6. The van der Waals surface area contributed by atoms with Crippen molar-refractivity contribution in [2.75, 3.05) is 18.4 Å². The van der Waals surface area contributed by atoms with E-state index in [1.54, 1.807) is 29.2 Å². The summed E-state index contributed by atoms with van der Waals surface area (Å²) in [5, 5.41) is 3.57. The number of likely N-dealkylation sites (tertiary alicyclic amines) is 1. The average molecular weight is 469 g/mol. The number of piperidine rings is 1. The molecule has 6 heteroatoms. The number of anilines is 1. The largest absolute Gasteiger partial charge is 0.339 e. The Bertz CT molecular complexity index is 754. The van der Waals surface area contributed by atoms with Crippen LogP contribution in [0.25, 0.3) is 0 Å². The van der Waals surface area contributed by atoms with Gasteiger partial charge in [0, 0.05) is 38.9 Å². The highest BCUT2D eigenvalue weighted by molar-refractivity contribution is 14.1. The summed E-state index contributed by atoms with van der Waals surface area (Å²) in [6.45, 7) is 1.18. The average Bonchev–Trinajstić information content (AvgIpc) is 2.64. The van der Waals surface area contributed by atoms with Crippen molar-refractivity contribution in [3.63, 3.8) is 0 Å². The van der Waals surface area contributed by atoms with Crippen LogP contribution in [-0.2, 0) is 4.79 Å². The molecule has 1 saturated heterocycles. The van der Waals surface area contributed by atoms with Gasteiger partial charge in [-0.2, -0.15) is 0 Å². The lowest BCUT2D eigenvalue weighted by Gasteiger charge is -2.31. The molecule has 0 radical (unpaired) electrons. The van der Waals surface area contributed by atoms with Crippen molar-refractivity contribution >= 4 is 51.7 Å². The monoisotopic (exact) mass is 468 g/mol. The van der Waals surface area contributed by atoms with Gasteiger partial charge < -0.3 is 10.2 Å². The lowest BCUT2D eigenvalue weighted by Crippen LogP contribution is -2.41. The number of amides is 2. The Hall–Kier alpha value is -1.60. The van der Waals surface area contributed by atoms with E-state index in [9.17, 15) is 9.59 Å². The summed E-state index contributed by atoms with van der Waals surface area (Å²) >= 11 is 8.09. The van der Waals surface area contributed by atoms with Gasteiger partial charge in [0.1, 0.15) is 0 Å². The molecule has 1 fully saturated rings. The minimum absolute atomic E-state index is 0.00633. The molecule has 25 heavy (non-hydrogen) atoms. The summed E-state index contributed by atoms with van der Waals surface area (Å²) in [5.41, 5.74) is 1.44. The first-order valence-corrected chi connectivity index (χ1v) is 9.60. The number of carbonyl (C=O) groups excluding carboxylic acids is 2. The lowest BCUT2D eigenvalue weighted by atomic mass is 9.95. The van der Waals surface area contributed by atoms with Crippen LogP contribution in [0, 0.1) is 9.49 Å². The molecular formula is C19H18ClIN2O2. The first-order chi connectivity index (χ1) is 12.0. The highest BCUT2D eigenvalue weighted by Gasteiger charge is 2.27. The predicted molar refractivity (Wildman–Crippen MR) is 108 cm³/mol. The van der Waals surface area contributed by atoms with Crippen LogP contribution in [-0.4, -0.2) is 29.8 Å². The van der Waals surface area contributed by atoms with E-state index in [2.05, 4.69) is 27.9 Å². The zero-order chi connectivity index (χ0) is 17.8. The van der Waals surface area contributed by atoms with Crippen LogP contribution in [0.2, 0.25) is 5.02 Å². The van der Waals surface area contributed by atoms with E-state index in [0.29, 0.717) is 36.5 Å². The molecule has 0 saturated carbocycles. The molecule has 2 amide bonds. The van der Waals surface area contributed by atoms with E-state index in [4.69, 9.17) is 11.6 Å². The maximum atomic E-state index is 12.5. The van der Waals surface area contributed by atoms with Gasteiger partial charge in [-0.1, -0.05) is 11.6 Å². The van der Waals surface area contributed by atoms with Gasteiger partial charge in [-0.25, -0.2) is 0 Å². The number of hydrogen-bond donors (Lipinski definition) is 1. The molecule has 0 aliphatic carbocycles. The number of benzene rings is 2. The van der Waals surface area contributed by atoms with Gasteiger partial charge in [0.05, 0.1) is 0 Å². The minimum atomic E-state index is -0.0615. The molecule has 130 valence electrons. The fourth-order valence-corrected chi connectivity index (χ4v) is 3.38. The standard InChI is InChI=1S/C19H18ClIN2O2/c20-15-3-1-14(2-4-15)19(25)23-11-9-13(10-12-23)18(24)22-17-7-5-16(21)6-8-17/h1-8,13H,9-12H2,(H,22,24). The first kappa shape index (κ1) is 18.2. The molecule has 0 atom stereocenters. The quantitative estimate of drug-likeness (QED) is 0.677. The Kier molecular flexibility index (Phi) is 5.96. The van der Waals surface area contributed by atoms with Crippen LogP contribution in [0.3, 0.4) is 0 Å². The Morgan fingerprint density at radius 2 is 1.60 bits per heavy atom. The molecule has 2 aromatic carbocycles. The maximum absolute atomic E-state index is 12.5. The molecule has 0 spiro atoms. The number of rotatable bonds is 3. The zero-order valence-electron chi connectivity index (χ0n) is 13.5. The van der Waals surface area contributed by atoms with Crippen LogP contribution >= 0.6 is 34.2 Å².